The van der Waals surface area contributed by atoms with E-state index in [2.05, 4.69) is 153 Å². The number of hydrogen-bond donors (Lipinski definition) is 1. The molecule has 5 aromatic carbocycles. The first-order valence-corrected chi connectivity index (χ1v) is 20.2. The van der Waals surface area contributed by atoms with Gasteiger partial charge in [-0.05, 0) is 39.0 Å². The van der Waals surface area contributed by atoms with E-state index in [-0.39, 0.29) is 11.1 Å². The molecule has 0 aliphatic rings. The third-order valence-corrected chi connectivity index (χ3v) is 15.4. The molecule has 0 aliphatic heterocycles. The molecule has 0 radical (unpaired) electrons. The largest absolute Gasteiger partial charge is 0.496 e. The zero-order valence-corrected chi connectivity index (χ0v) is 32.1. The molecule has 1 atom stereocenters. The van der Waals surface area contributed by atoms with Crippen molar-refractivity contribution in [1.29, 1.82) is 0 Å². The highest BCUT2D eigenvalue weighted by molar-refractivity contribution is 6.99. The van der Waals surface area contributed by atoms with Crippen LogP contribution in [0.4, 0.5) is 5.82 Å². The summed E-state index contributed by atoms with van der Waals surface area (Å²) in [7, 11) is -1.05. The average molecular weight is 718 g/mol. The highest BCUT2D eigenvalue weighted by Crippen LogP contribution is 2.44. The van der Waals surface area contributed by atoms with Crippen LogP contribution in [0.25, 0.3) is 11.2 Å². The summed E-state index contributed by atoms with van der Waals surface area (Å²) in [6.07, 6.45) is 4.35. The Hall–Kier alpha value is -5.57. The minimum Gasteiger partial charge on any atom is -0.496 e. The normalized spacial score (nSPS) is 12.8. The summed E-state index contributed by atoms with van der Waals surface area (Å²) >= 11 is 0. The van der Waals surface area contributed by atoms with E-state index in [0.29, 0.717) is 17.9 Å². The Morgan fingerprint density at radius 3 is 1.74 bits per heavy atom. The third kappa shape index (κ3) is 6.53. The highest BCUT2D eigenvalue weighted by Gasteiger charge is 2.50. The molecule has 7 rings (SSSR count). The second kappa shape index (κ2) is 15.2. The molecule has 0 saturated heterocycles. The highest BCUT2D eigenvalue weighted by atomic mass is 28.4. The van der Waals surface area contributed by atoms with Crippen molar-refractivity contribution >= 4 is 35.7 Å². The Balaban J connectivity index is 1.33. The lowest BCUT2D eigenvalue weighted by Gasteiger charge is -2.43. The van der Waals surface area contributed by atoms with Gasteiger partial charge in [-0.15, -0.1) is 0 Å². The Morgan fingerprint density at radius 2 is 1.21 bits per heavy atom. The van der Waals surface area contributed by atoms with Crippen molar-refractivity contribution in [3.63, 3.8) is 0 Å². The van der Waals surface area contributed by atoms with E-state index in [4.69, 9.17) is 24.1 Å². The maximum atomic E-state index is 7.42. The van der Waals surface area contributed by atoms with Crippen LogP contribution in [0.15, 0.2) is 158 Å². The molecule has 0 bridgehead atoms. The summed E-state index contributed by atoms with van der Waals surface area (Å²) in [5.74, 6) is 1.38. The van der Waals surface area contributed by atoms with Crippen LogP contribution in [0, 0.1) is 0 Å². The number of nitrogens with one attached hydrogen (secondary N) is 1. The van der Waals surface area contributed by atoms with Crippen molar-refractivity contribution in [3.05, 3.63) is 175 Å². The average Bonchev–Trinajstić information content (AvgIpc) is 3.64. The first-order chi connectivity index (χ1) is 25.8. The van der Waals surface area contributed by atoms with Crippen LogP contribution in [0.1, 0.15) is 56.8 Å². The third-order valence-electron chi connectivity index (χ3n) is 10.4. The maximum absolute atomic E-state index is 7.42. The summed E-state index contributed by atoms with van der Waals surface area (Å²) in [4.78, 5) is 14.7. The summed E-state index contributed by atoms with van der Waals surface area (Å²) in [5.41, 5.74) is 3.57. The Morgan fingerprint density at radius 1 is 0.679 bits per heavy atom. The van der Waals surface area contributed by atoms with Crippen molar-refractivity contribution < 1.29 is 9.16 Å². The van der Waals surface area contributed by atoms with E-state index in [1.807, 2.05) is 36.7 Å². The summed E-state index contributed by atoms with van der Waals surface area (Å²) < 4.78 is 15.6. The molecular formula is C45H47N5O2Si. The molecule has 1 unspecified atom stereocenters. The molecular weight excluding hydrogens is 671 g/mol. The quantitative estimate of drug-likeness (QED) is 0.0950. The van der Waals surface area contributed by atoms with Crippen molar-refractivity contribution in [2.24, 2.45) is 0 Å². The molecule has 7 aromatic rings. The van der Waals surface area contributed by atoms with Crippen LogP contribution >= 0.6 is 0 Å². The number of rotatable bonds is 13. The number of methoxy groups -OCH3 is 1. The first-order valence-electron chi connectivity index (χ1n) is 18.3. The number of anilines is 1. The second-order valence-corrected chi connectivity index (χ2v) is 18.7. The second-order valence-electron chi connectivity index (χ2n) is 14.4. The van der Waals surface area contributed by atoms with Gasteiger partial charge in [-0.1, -0.05) is 167 Å². The van der Waals surface area contributed by atoms with Crippen LogP contribution < -0.4 is 20.4 Å². The van der Waals surface area contributed by atoms with Crippen LogP contribution in [0.5, 0.6) is 5.75 Å². The fourth-order valence-electron chi connectivity index (χ4n) is 7.79. The van der Waals surface area contributed by atoms with Crippen LogP contribution in [0.3, 0.4) is 0 Å². The Kier molecular flexibility index (Phi) is 10.3. The van der Waals surface area contributed by atoms with Gasteiger partial charge in [-0.25, -0.2) is 15.0 Å². The molecule has 268 valence electrons. The van der Waals surface area contributed by atoms with Crippen molar-refractivity contribution in [1.82, 2.24) is 19.5 Å². The van der Waals surface area contributed by atoms with E-state index in [1.54, 1.807) is 13.4 Å². The summed E-state index contributed by atoms with van der Waals surface area (Å²) in [6.45, 7) is 9.63. The Labute approximate surface area is 313 Å². The van der Waals surface area contributed by atoms with Crippen LogP contribution in [-0.2, 0) is 9.96 Å². The van der Waals surface area contributed by atoms with E-state index in [9.17, 15) is 0 Å². The molecule has 53 heavy (non-hydrogen) atoms. The van der Waals surface area contributed by atoms with Crippen molar-refractivity contribution in [2.75, 3.05) is 19.0 Å². The van der Waals surface area contributed by atoms with Gasteiger partial charge < -0.3 is 19.0 Å². The van der Waals surface area contributed by atoms with Gasteiger partial charge in [-0.2, -0.15) is 0 Å². The number of imidazole rings is 1. The predicted molar refractivity (Wildman–Crippen MR) is 218 cm³/mol. The molecule has 0 fully saturated rings. The predicted octanol–water partition coefficient (Wildman–Crippen LogP) is 8.77. The molecule has 1 N–H and O–H groups in total. The van der Waals surface area contributed by atoms with Crippen LogP contribution in [-0.4, -0.2) is 41.6 Å². The number of aromatic nitrogens is 4. The van der Waals surface area contributed by atoms with E-state index in [0.717, 1.165) is 34.5 Å². The van der Waals surface area contributed by atoms with Gasteiger partial charge in [0.05, 0.1) is 26.1 Å². The standard InChI is InChI=1S/C45H47N5O2Si/c1-6-36(31-52-53(44(2,3)4,37-25-15-9-16-26-37)38-27-17-10-18-28-38)50-33-48-41-42(46-32-47-43(41)50)49-45(34-21-11-7-12-22-34,35-23-13-8-14-24-35)39-29-19-20-30-40(39)51-5/h7-30,32-33,36H,6,31H2,1-5H3,(H,46,47,49). The van der Waals surface area contributed by atoms with Gasteiger partial charge in [0.25, 0.3) is 8.32 Å². The van der Waals surface area contributed by atoms with Gasteiger partial charge in [-0.3, -0.25) is 0 Å². The van der Waals surface area contributed by atoms with Gasteiger partial charge in [0.15, 0.2) is 11.5 Å². The number of hydrogen-bond acceptors (Lipinski definition) is 6. The minimum atomic E-state index is -2.76. The molecule has 2 heterocycles. The molecule has 8 heteroatoms. The SMILES string of the molecule is CCC(CO[Si](c1ccccc1)(c1ccccc1)C(C)(C)C)n1cnc2c(NC(c3ccccc3)(c3ccccc3)c3ccccc3OC)ncnc21. The van der Waals surface area contributed by atoms with Gasteiger partial charge in [0.1, 0.15) is 23.1 Å². The van der Waals surface area contributed by atoms with Crippen molar-refractivity contribution in [2.45, 2.75) is 50.7 Å². The lowest BCUT2D eigenvalue weighted by molar-refractivity contribution is 0.234. The monoisotopic (exact) mass is 717 g/mol. The first kappa shape index (κ1) is 35.8. The lowest BCUT2D eigenvalue weighted by Crippen LogP contribution is -2.66. The number of fused-ring (bicyclic) bond motifs is 1. The molecule has 0 amide bonds. The fourth-order valence-corrected chi connectivity index (χ4v) is 12.4. The van der Waals surface area contributed by atoms with Crippen molar-refractivity contribution in [3.8, 4) is 5.75 Å². The zero-order valence-electron chi connectivity index (χ0n) is 31.1. The molecule has 0 saturated carbocycles. The minimum absolute atomic E-state index is 0.0216. The number of nitrogens with zero attached hydrogens (tertiary/aromatic N) is 4. The van der Waals surface area contributed by atoms with Gasteiger partial charge in [0, 0.05) is 5.56 Å². The van der Waals surface area contributed by atoms with E-state index in [1.165, 1.54) is 10.4 Å². The Bertz CT molecular complexity index is 2160. The summed E-state index contributed by atoms with van der Waals surface area (Å²) in [5, 5.41) is 6.29. The number of ether oxygens (including phenoxy) is 1. The molecule has 0 aliphatic carbocycles. The van der Waals surface area contributed by atoms with Gasteiger partial charge >= 0.3 is 0 Å². The fraction of sp³-hybridized carbons (Fsp3) is 0.222. The van der Waals surface area contributed by atoms with E-state index >= 15 is 0 Å². The van der Waals surface area contributed by atoms with Gasteiger partial charge in [0.2, 0.25) is 0 Å². The molecule has 2 aromatic heterocycles. The topological polar surface area (TPSA) is 74.1 Å². The number of benzene rings is 5. The lowest BCUT2D eigenvalue weighted by atomic mass is 9.76. The zero-order chi connectivity index (χ0) is 36.9. The molecule has 0 spiro atoms. The van der Waals surface area contributed by atoms with Crippen LogP contribution in [0.2, 0.25) is 5.04 Å². The van der Waals surface area contributed by atoms with E-state index < -0.39 is 13.9 Å². The summed E-state index contributed by atoms with van der Waals surface area (Å²) in [6, 6.07) is 50.6. The molecule has 7 nitrogen and oxygen atoms in total. The number of para-hydroxylation sites is 1. The maximum Gasteiger partial charge on any atom is 0.261 e. The smallest absolute Gasteiger partial charge is 0.261 e.